The van der Waals surface area contributed by atoms with Gasteiger partial charge in [-0.15, -0.1) is 0 Å². The Morgan fingerprint density at radius 2 is 2.14 bits per heavy atom. The van der Waals surface area contributed by atoms with E-state index < -0.39 is 5.54 Å². The highest BCUT2D eigenvalue weighted by molar-refractivity contribution is 6.30. The van der Waals surface area contributed by atoms with Crippen LogP contribution in [0.2, 0.25) is 5.02 Å². The molecule has 0 atom stereocenters. The smallest absolute Gasteiger partial charge is 0.162 e. The molecule has 76 valence electrons. The molecule has 0 bridgehead atoms. The van der Waals surface area contributed by atoms with Crippen LogP contribution < -0.4 is 10.5 Å². The van der Waals surface area contributed by atoms with Gasteiger partial charge in [-0.1, -0.05) is 11.6 Å². The molecule has 3 nitrogen and oxygen atoms in total. The fourth-order valence-electron chi connectivity index (χ4n) is 1.51. The second-order valence-electron chi connectivity index (χ2n) is 3.66. The molecule has 0 saturated heterocycles. The van der Waals surface area contributed by atoms with Crippen LogP contribution >= 0.6 is 11.6 Å². The number of ether oxygens (including phenoxy) is 1. The van der Waals surface area contributed by atoms with E-state index in [1.54, 1.807) is 12.1 Å². The van der Waals surface area contributed by atoms with Crippen molar-refractivity contribution >= 4 is 11.6 Å². The van der Waals surface area contributed by atoms with Gasteiger partial charge in [-0.05, 0) is 18.9 Å². The molecular weight excluding hydrogens is 202 g/mol. The van der Waals surface area contributed by atoms with Gasteiger partial charge >= 0.3 is 0 Å². The lowest BCUT2D eigenvalue weighted by Gasteiger charge is -2.14. The second-order valence-corrected chi connectivity index (χ2v) is 4.10. The first-order valence-corrected chi connectivity index (χ1v) is 4.80. The van der Waals surface area contributed by atoms with Gasteiger partial charge in [0.25, 0.3) is 0 Å². The summed E-state index contributed by atoms with van der Waals surface area (Å²) in [6, 6.07) is 3.28. The van der Waals surface area contributed by atoms with E-state index in [0.29, 0.717) is 16.3 Å². The largest absolute Gasteiger partial charge is 0.504 e. The van der Waals surface area contributed by atoms with Gasteiger partial charge in [0.05, 0.1) is 7.11 Å². The summed E-state index contributed by atoms with van der Waals surface area (Å²) in [5.74, 6) is 0.487. The van der Waals surface area contributed by atoms with E-state index in [4.69, 9.17) is 22.1 Å². The minimum Gasteiger partial charge on any atom is -0.504 e. The Bertz CT molecular complexity index is 375. The summed E-state index contributed by atoms with van der Waals surface area (Å²) in [5.41, 5.74) is 6.27. The summed E-state index contributed by atoms with van der Waals surface area (Å²) in [6.45, 7) is 0. The Morgan fingerprint density at radius 3 is 2.64 bits per heavy atom. The van der Waals surface area contributed by atoms with Crippen molar-refractivity contribution < 1.29 is 9.84 Å². The molecule has 1 aliphatic rings. The van der Waals surface area contributed by atoms with E-state index in [1.807, 2.05) is 0 Å². The van der Waals surface area contributed by atoms with E-state index in [0.717, 1.165) is 12.8 Å². The van der Waals surface area contributed by atoms with Gasteiger partial charge in [0, 0.05) is 22.2 Å². The highest BCUT2D eigenvalue weighted by Gasteiger charge is 2.42. The lowest BCUT2D eigenvalue weighted by molar-refractivity contribution is 0.368. The van der Waals surface area contributed by atoms with Crippen molar-refractivity contribution in [1.82, 2.24) is 0 Å². The third-order valence-electron chi connectivity index (χ3n) is 2.58. The number of halogens is 1. The zero-order valence-electron chi connectivity index (χ0n) is 7.88. The molecule has 0 amide bonds. The van der Waals surface area contributed by atoms with Crippen LogP contribution in [0.3, 0.4) is 0 Å². The predicted molar refractivity (Wildman–Crippen MR) is 54.8 cm³/mol. The fraction of sp³-hybridized carbons (Fsp3) is 0.400. The van der Waals surface area contributed by atoms with E-state index >= 15 is 0 Å². The molecule has 0 aromatic heterocycles. The van der Waals surface area contributed by atoms with Crippen LogP contribution in [-0.2, 0) is 5.54 Å². The molecule has 4 heteroatoms. The SMILES string of the molecule is COc1cc(Cl)cc(C2(N)CC2)c1O. The first-order valence-electron chi connectivity index (χ1n) is 4.43. The van der Waals surface area contributed by atoms with E-state index in [-0.39, 0.29) is 5.75 Å². The Kier molecular flexibility index (Phi) is 2.09. The number of benzene rings is 1. The summed E-state index contributed by atoms with van der Waals surface area (Å²) < 4.78 is 5.00. The van der Waals surface area contributed by atoms with Crippen molar-refractivity contribution in [2.45, 2.75) is 18.4 Å². The molecule has 1 saturated carbocycles. The molecule has 0 spiro atoms. The quantitative estimate of drug-likeness (QED) is 0.790. The maximum atomic E-state index is 9.83. The third kappa shape index (κ3) is 1.42. The molecule has 1 aromatic carbocycles. The summed E-state index contributed by atoms with van der Waals surface area (Å²) in [5, 5.41) is 10.4. The lowest BCUT2D eigenvalue weighted by atomic mass is 10.0. The molecule has 2 rings (SSSR count). The number of hydrogen-bond acceptors (Lipinski definition) is 3. The van der Waals surface area contributed by atoms with E-state index in [2.05, 4.69) is 0 Å². The maximum absolute atomic E-state index is 9.83. The summed E-state index contributed by atoms with van der Waals surface area (Å²) >= 11 is 5.89. The van der Waals surface area contributed by atoms with Crippen LogP contribution in [0.4, 0.5) is 0 Å². The molecule has 0 heterocycles. The number of methoxy groups -OCH3 is 1. The standard InChI is InChI=1S/C10H12ClNO2/c1-14-8-5-6(11)4-7(9(8)13)10(12)2-3-10/h4-5,13H,2-3,12H2,1H3. The summed E-state index contributed by atoms with van der Waals surface area (Å²) in [7, 11) is 1.49. The van der Waals surface area contributed by atoms with Crippen molar-refractivity contribution in [3.8, 4) is 11.5 Å². The molecule has 14 heavy (non-hydrogen) atoms. The fourth-order valence-corrected chi connectivity index (χ4v) is 1.72. The predicted octanol–water partition coefficient (Wildman–Crippen LogP) is 2.00. The van der Waals surface area contributed by atoms with Gasteiger partial charge in [-0.2, -0.15) is 0 Å². The normalized spacial score (nSPS) is 17.9. The lowest BCUT2D eigenvalue weighted by Crippen LogP contribution is -2.18. The molecule has 1 aliphatic carbocycles. The van der Waals surface area contributed by atoms with Crippen LogP contribution in [0.25, 0.3) is 0 Å². The monoisotopic (exact) mass is 213 g/mol. The van der Waals surface area contributed by atoms with Crippen molar-refractivity contribution in [2.75, 3.05) is 7.11 Å². The van der Waals surface area contributed by atoms with Gasteiger partial charge in [0.2, 0.25) is 0 Å². The molecule has 1 fully saturated rings. The van der Waals surface area contributed by atoms with Gasteiger partial charge in [-0.25, -0.2) is 0 Å². The first kappa shape index (κ1) is 9.62. The minimum absolute atomic E-state index is 0.108. The topological polar surface area (TPSA) is 55.5 Å². The Hall–Kier alpha value is -0.930. The van der Waals surface area contributed by atoms with Crippen molar-refractivity contribution in [3.63, 3.8) is 0 Å². The maximum Gasteiger partial charge on any atom is 0.162 e. The number of rotatable bonds is 2. The molecule has 0 unspecified atom stereocenters. The molecule has 0 aliphatic heterocycles. The number of nitrogens with two attached hydrogens (primary N) is 1. The highest BCUT2D eigenvalue weighted by atomic mass is 35.5. The van der Waals surface area contributed by atoms with Gasteiger partial charge in [-0.3, -0.25) is 0 Å². The Balaban J connectivity index is 2.54. The number of phenols is 1. The molecule has 0 radical (unpaired) electrons. The van der Waals surface area contributed by atoms with Crippen LogP contribution in [-0.4, -0.2) is 12.2 Å². The van der Waals surface area contributed by atoms with E-state index in [9.17, 15) is 5.11 Å². The van der Waals surface area contributed by atoms with Gasteiger partial charge in [0.1, 0.15) is 0 Å². The molecule has 1 aromatic rings. The van der Waals surface area contributed by atoms with Gasteiger partial charge in [0.15, 0.2) is 11.5 Å². The average Bonchev–Trinajstić information content (AvgIpc) is 2.88. The minimum atomic E-state index is -0.401. The number of phenolic OH excluding ortho intramolecular Hbond substituents is 1. The van der Waals surface area contributed by atoms with Crippen LogP contribution in [0.15, 0.2) is 12.1 Å². The summed E-state index contributed by atoms with van der Waals surface area (Å²) in [4.78, 5) is 0. The molecule has 3 N–H and O–H groups in total. The average molecular weight is 214 g/mol. The van der Waals surface area contributed by atoms with Crippen LogP contribution in [0.1, 0.15) is 18.4 Å². The Labute approximate surface area is 87.4 Å². The molecular formula is C10H12ClNO2. The Morgan fingerprint density at radius 1 is 1.50 bits per heavy atom. The van der Waals surface area contributed by atoms with Crippen molar-refractivity contribution in [3.05, 3.63) is 22.7 Å². The van der Waals surface area contributed by atoms with Crippen LogP contribution in [0.5, 0.6) is 11.5 Å². The zero-order chi connectivity index (χ0) is 10.3. The highest BCUT2D eigenvalue weighted by Crippen LogP contribution is 2.49. The van der Waals surface area contributed by atoms with Crippen molar-refractivity contribution in [2.24, 2.45) is 5.73 Å². The van der Waals surface area contributed by atoms with Gasteiger partial charge < -0.3 is 15.6 Å². The van der Waals surface area contributed by atoms with Crippen LogP contribution in [0, 0.1) is 0 Å². The first-order chi connectivity index (χ1) is 6.57. The number of aromatic hydroxyl groups is 1. The van der Waals surface area contributed by atoms with Crippen molar-refractivity contribution in [1.29, 1.82) is 0 Å². The number of hydrogen-bond donors (Lipinski definition) is 2. The zero-order valence-corrected chi connectivity index (χ0v) is 8.64. The summed E-state index contributed by atoms with van der Waals surface area (Å²) in [6.07, 6.45) is 1.76. The second kappa shape index (κ2) is 3.04. The third-order valence-corrected chi connectivity index (χ3v) is 2.80. The van der Waals surface area contributed by atoms with E-state index in [1.165, 1.54) is 7.11 Å².